The molecule has 0 heterocycles. The topological polar surface area (TPSA) is 32.3 Å². The molecule has 18 heavy (non-hydrogen) atoms. The van der Waals surface area contributed by atoms with Gasteiger partial charge in [-0.25, -0.2) is 0 Å². The van der Waals surface area contributed by atoms with Gasteiger partial charge in [0.1, 0.15) is 0 Å². The zero-order valence-electron chi connectivity index (χ0n) is 12.6. The van der Waals surface area contributed by atoms with Crippen molar-refractivity contribution in [2.75, 3.05) is 13.2 Å². The van der Waals surface area contributed by atoms with E-state index in [2.05, 4.69) is 51.2 Å². The molecule has 0 saturated carbocycles. The van der Waals surface area contributed by atoms with Crippen LogP contribution in [0.4, 0.5) is 0 Å². The summed E-state index contributed by atoms with van der Waals surface area (Å²) in [7, 11) is 0. The number of nitrogens with one attached hydrogen (secondary N) is 1. The summed E-state index contributed by atoms with van der Waals surface area (Å²) in [6.07, 6.45) is 0. The largest absolute Gasteiger partial charge is 0.394 e. The third kappa shape index (κ3) is 3.82. The van der Waals surface area contributed by atoms with E-state index < -0.39 is 0 Å². The number of aliphatic hydroxyl groups is 1. The minimum atomic E-state index is -0.226. The molecule has 0 aliphatic heterocycles. The van der Waals surface area contributed by atoms with Crippen molar-refractivity contribution in [3.8, 4) is 0 Å². The fourth-order valence-corrected chi connectivity index (χ4v) is 2.18. The first kappa shape index (κ1) is 15.2. The minimum Gasteiger partial charge on any atom is -0.394 e. The third-order valence-corrected chi connectivity index (χ3v) is 3.52. The number of rotatable bonds is 5. The fourth-order valence-electron chi connectivity index (χ4n) is 2.18. The Bertz CT molecular complexity index is 408. The zero-order chi connectivity index (χ0) is 14.0. The molecule has 0 spiro atoms. The molecule has 2 nitrogen and oxygen atoms in total. The van der Waals surface area contributed by atoms with Gasteiger partial charge < -0.3 is 10.4 Å². The van der Waals surface area contributed by atoms with Crippen molar-refractivity contribution >= 4 is 0 Å². The molecule has 0 amide bonds. The molecule has 1 rings (SSSR count). The molecule has 0 radical (unpaired) electrons. The Labute approximate surface area is 111 Å². The molecule has 0 aliphatic rings. The summed E-state index contributed by atoms with van der Waals surface area (Å²) in [5.41, 5.74) is 3.84. The molecule has 0 atom stereocenters. The Kier molecular flexibility index (Phi) is 4.57. The molecule has 2 heteroatoms. The normalized spacial score (nSPS) is 12.8. The Balaban J connectivity index is 2.86. The predicted octanol–water partition coefficient (Wildman–Crippen LogP) is 2.94. The van der Waals surface area contributed by atoms with Gasteiger partial charge in [-0.3, -0.25) is 0 Å². The molecular formula is C16H27NO. The van der Waals surface area contributed by atoms with Crippen molar-refractivity contribution in [1.29, 1.82) is 0 Å². The van der Waals surface area contributed by atoms with Gasteiger partial charge in [0.15, 0.2) is 0 Å². The van der Waals surface area contributed by atoms with Crippen LogP contribution >= 0.6 is 0 Å². The quantitative estimate of drug-likeness (QED) is 0.841. The average Bonchev–Trinajstić information content (AvgIpc) is 2.26. The highest BCUT2D eigenvalue weighted by molar-refractivity contribution is 5.35. The second kappa shape index (κ2) is 5.41. The molecule has 2 N–H and O–H groups in total. The van der Waals surface area contributed by atoms with Gasteiger partial charge in [-0.15, -0.1) is 0 Å². The Hall–Kier alpha value is -0.860. The molecule has 0 saturated heterocycles. The van der Waals surface area contributed by atoms with E-state index in [1.54, 1.807) is 0 Å². The van der Waals surface area contributed by atoms with Crippen LogP contribution < -0.4 is 5.32 Å². The molecular weight excluding hydrogens is 222 g/mol. The molecule has 1 aromatic carbocycles. The van der Waals surface area contributed by atoms with Gasteiger partial charge in [0.25, 0.3) is 0 Å². The highest BCUT2D eigenvalue weighted by Gasteiger charge is 2.25. The fraction of sp³-hybridized carbons (Fsp3) is 0.625. The van der Waals surface area contributed by atoms with E-state index in [9.17, 15) is 5.11 Å². The smallest absolute Gasteiger partial charge is 0.0607 e. The maximum atomic E-state index is 9.29. The summed E-state index contributed by atoms with van der Waals surface area (Å²) in [6.45, 7) is 13.8. The van der Waals surface area contributed by atoms with Crippen molar-refractivity contribution in [3.05, 3.63) is 34.9 Å². The van der Waals surface area contributed by atoms with E-state index >= 15 is 0 Å². The summed E-state index contributed by atoms with van der Waals surface area (Å²) < 4.78 is 0. The minimum absolute atomic E-state index is 0.0597. The van der Waals surface area contributed by atoms with E-state index in [0.29, 0.717) is 0 Å². The first-order chi connectivity index (χ1) is 8.18. The van der Waals surface area contributed by atoms with Crippen molar-refractivity contribution < 1.29 is 5.11 Å². The van der Waals surface area contributed by atoms with Gasteiger partial charge in [0.2, 0.25) is 0 Å². The number of hydrogen-bond acceptors (Lipinski definition) is 2. The van der Waals surface area contributed by atoms with Gasteiger partial charge >= 0.3 is 0 Å². The second-order valence-corrected chi connectivity index (χ2v) is 6.60. The van der Waals surface area contributed by atoms with Crippen LogP contribution in [0.3, 0.4) is 0 Å². The maximum absolute atomic E-state index is 9.29. The first-order valence-electron chi connectivity index (χ1n) is 6.61. The van der Waals surface area contributed by atoms with Crippen LogP contribution in [0.1, 0.15) is 44.4 Å². The van der Waals surface area contributed by atoms with E-state index in [-0.39, 0.29) is 17.6 Å². The predicted molar refractivity (Wildman–Crippen MR) is 78.1 cm³/mol. The van der Waals surface area contributed by atoms with Gasteiger partial charge in [-0.1, -0.05) is 37.6 Å². The molecule has 0 fully saturated rings. The van der Waals surface area contributed by atoms with Crippen molar-refractivity contribution in [2.24, 2.45) is 0 Å². The van der Waals surface area contributed by atoms with Crippen LogP contribution in [-0.2, 0) is 5.41 Å². The van der Waals surface area contributed by atoms with Crippen LogP contribution in [0.5, 0.6) is 0 Å². The van der Waals surface area contributed by atoms with Crippen LogP contribution in [0.25, 0.3) is 0 Å². The summed E-state index contributed by atoms with van der Waals surface area (Å²) in [5, 5.41) is 12.7. The number of aryl methyl sites for hydroxylation is 2. The lowest BCUT2D eigenvalue weighted by Gasteiger charge is -2.33. The number of hydrogen-bond donors (Lipinski definition) is 2. The van der Waals surface area contributed by atoms with Gasteiger partial charge in [-0.2, -0.15) is 0 Å². The van der Waals surface area contributed by atoms with Crippen molar-refractivity contribution in [3.63, 3.8) is 0 Å². The summed E-state index contributed by atoms with van der Waals surface area (Å²) in [5.74, 6) is 0. The molecule has 0 unspecified atom stereocenters. The Morgan fingerprint density at radius 1 is 1.11 bits per heavy atom. The molecule has 0 bridgehead atoms. The third-order valence-electron chi connectivity index (χ3n) is 3.52. The van der Waals surface area contributed by atoms with Crippen LogP contribution in [0.15, 0.2) is 18.2 Å². The standard InChI is InChI=1S/C16H27NO/c1-12-7-8-14(13(2)9-12)15(3,4)10-17-16(5,6)11-18/h7-9,17-18H,10-11H2,1-6H3. The number of aliphatic hydroxyl groups excluding tert-OH is 1. The summed E-state index contributed by atoms with van der Waals surface area (Å²) in [6, 6.07) is 6.62. The van der Waals surface area contributed by atoms with Crippen molar-refractivity contribution in [1.82, 2.24) is 5.32 Å². The summed E-state index contributed by atoms with van der Waals surface area (Å²) >= 11 is 0. The van der Waals surface area contributed by atoms with Gasteiger partial charge in [0, 0.05) is 17.5 Å². The SMILES string of the molecule is Cc1ccc(C(C)(C)CNC(C)(C)CO)c(C)c1. The van der Waals surface area contributed by atoms with Crippen molar-refractivity contribution in [2.45, 2.75) is 52.5 Å². The molecule has 1 aromatic rings. The average molecular weight is 249 g/mol. The Morgan fingerprint density at radius 3 is 2.22 bits per heavy atom. The van der Waals surface area contributed by atoms with Crippen LogP contribution in [0, 0.1) is 13.8 Å². The Morgan fingerprint density at radius 2 is 1.72 bits per heavy atom. The van der Waals surface area contributed by atoms with Crippen LogP contribution in [0.2, 0.25) is 0 Å². The lowest BCUT2D eigenvalue weighted by molar-refractivity contribution is 0.181. The second-order valence-electron chi connectivity index (χ2n) is 6.60. The first-order valence-corrected chi connectivity index (χ1v) is 6.61. The summed E-state index contributed by atoms with van der Waals surface area (Å²) in [4.78, 5) is 0. The van der Waals surface area contributed by atoms with Gasteiger partial charge in [-0.05, 0) is 38.8 Å². The highest BCUT2D eigenvalue weighted by Crippen LogP contribution is 2.26. The molecule has 0 aliphatic carbocycles. The van der Waals surface area contributed by atoms with E-state index in [4.69, 9.17) is 0 Å². The van der Waals surface area contributed by atoms with E-state index in [1.165, 1.54) is 16.7 Å². The van der Waals surface area contributed by atoms with Gasteiger partial charge in [0.05, 0.1) is 6.61 Å². The van der Waals surface area contributed by atoms with E-state index in [0.717, 1.165) is 6.54 Å². The zero-order valence-corrected chi connectivity index (χ0v) is 12.6. The highest BCUT2D eigenvalue weighted by atomic mass is 16.3. The van der Waals surface area contributed by atoms with Crippen LogP contribution in [-0.4, -0.2) is 23.8 Å². The lowest BCUT2D eigenvalue weighted by atomic mass is 9.81. The monoisotopic (exact) mass is 249 g/mol. The van der Waals surface area contributed by atoms with E-state index in [1.807, 2.05) is 13.8 Å². The maximum Gasteiger partial charge on any atom is 0.0607 e. The molecule has 102 valence electrons. The molecule has 0 aromatic heterocycles. The number of benzene rings is 1. The lowest BCUT2D eigenvalue weighted by Crippen LogP contribution is -2.48.